The number of hydrogen-bond donors (Lipinski definition) is 3. The second kappa shape index (κ2) is 37.8. The summed E-state index contributed by atoms with van der Waals surface area (Å²) in [6.07, 6.45) is 6.60. The third kappa shape index (κ3) is 25.9. The van der Waals surface area contributed by atoms with Gasteiger partial charge in [0.15, 0.2) is 5.13 Å². The summed E-state index contributed by atoms with van der Waals surface area (Å²) in [5.41, 5.74) is 5.40. The van der Waals surface area contributed by atoms with Gasteiger partial charge in [0.25, 0.3) is 0 Å². The van der Waals surface area contributed by atoms with E-state index in [9.17, 15) is 19.2 Å². The van der Waals surface area contributed by atoms with Crippen molar-refractivity contribution >= 4 is 73.9 Å². The molecule has 0 aliphatic carbocycles. The molecule has 1 saturated heterocycles. The molecule has 1 fully saturated rings. The van der Waals surface area contributed by atoms with Crippen LogP contribution in [-0.4, -0.2) is 176 Å². The maximum atomic E-state index is 13.3. The number of aryl methyl sites for hydroxylation is 1. The molecule has 3 N–H and O–H groups in total. The number of aromatic nitrogens is 4. The maximum Gasteiger partial charge on any atom is 0.325 e. The zero-order chi connectivity index (χ0) is 60.6. The Bertz CT molecular complexity index is 2880. The molecular weight excluding hydrogens is 1190 g/mol. The highest BCUT2D eigenvalue weighted by Crippen LogP contribution is 2.26. The van der Waals surface area contributed by atoms with Crippen LogP contribution in [0.5, 0.6) is 11.5 Å². The molecule has 460 valence electrons. The summed E-state index contributed by atoms with van der Waals surface area (Å²) in [7, 11) is 4.16. The minimum Gasteiger partial charge on any atom is -0.494 e. The van der Waals surface area contributed by atoms with E-state index in [4.69, 9.17) is 35.3 Å². The Kier molecular flexibility index (Phi) is 30.1. The Hall–Kier alpha value is -6.50. The van der Waals surface area contributed by atoms with Crippen molar-refractivity contribution in [3.8, 4) is 11.5 Å². The smallest absolute Gasteiger partial charge is 0.325 e. The van der Waals surface area contributed by atoms with E-state index in [2.05, 4.69) is 116 Å². The van der Waals surface area contributed by atoms with Crippen LogP contribution in [-0.2, 0) is 60.9 Å². The molecule has 6 aromatic rings. The largest absolute Gasteiger partial charge is 0.494 e. The minimum absolute atomic E-state index is 0.00552. The molecule has 7 rings (SSSR count). The number of carbonyl (C=O) groups excluding carboxylic acids is 4. The fraction of sp³-hybridized carbons (Fsp3) is 0.468. The van der Waals surface area contributed by atoms with Crippen molar-refractivity contribution in [3.63, 3.8) is 0 Å². The van der Waals surface area contributed by atoms with Crippen molar-refractivity contribution in [3.05, 3.63) is 146 Å². The van der Waals surface area contributed by atoms with Gasteiger partial charge in [-0.1, -0.05) is 69.1 Å². The number of halogens is 2. The summed E-state index contributed by atoms with van der Waals surface area (Å²) in [6, 6.07) is 30.4. The van der Waals surface area contributed by atoms with Gasteiger partial charge in [-0.3, -0.25) is 19.7 Å². The van der Waals surface area contributed by atoms with Crippen LogP contribution in [0, 0.1) is 0 Å². The summed E-state index contributed by atoms with van der Waals surface area (Å²) in [6.45, 7) is 16.5. The van der Waals surface area contributed by atoms with Gasteiger partial charge < -0.3 is 53.9 Å². The van der Waals surface area contributed by atoms with Crippen LogP contribution in [0.4, 0.5) is 15.6 Å². The van der Waals surface area contributed by atoms with Crippen molar-refractivity contribution in [2.45, 2.75) is 84.5 Å². The van der Waals surface area contributed by atoms with Crippen LogP contribution in [0.3, 0.4) is 0 Å². The number of ether oxygens (including phenoxy) is 5. The molecule has 1 unspecified atom stereocenters. The summed E-state index contributed by atoms with van der Waals surface area (Å²) < 4.78 is 31.9. The summed E-state index contributed by atoms with van der Waals surface area (Å²) in [5.74, 6) is 1.71. The van der Waals surface area contributed by atoms with E-state index in [1.54, 1.807) is 46.5 Å². The minimum atomic E-state index is -0.421. The van der Waals surface area contributed by atoms with Gasteiger partial charge in [0.2, 0.25) is 18.2 Å². The third-order valence-electron chi connectivity index (χ3n) is 13.8. The van der Waals surface area contributed by atoms with Crippen LogP contribution >= 0.6 is 38.9 Å². The molecule has 23 heteroatoms. The molecule has 4 aromatic carbocycles. The number of thiazole rings is 1. The van der Waals surface area contributed by atoms with E-state index < -0.39 is 6.03 Å². The van der Waals surface area contributed by atoms with Gasteiger partial charge in [-0.2, -0.15) is 0 Å². The SMILES string of the molecule is CC(C)N(C(=O)CCc1ccc(OCCCCN(C)CCOCCOCCc2cn(CCOCCOc3ccc(NC(=O)Nc4nc(CC(=O)N5CCN(C)CC5)cs4)cc3)nn2)cc1)C(C)c1ccc(Br)cc1.O=CNCc1ccc(Cl)cc1. The molecule has 85 heavy (non-hydrogen) atoms. The summed E-state index contributed by atoms with van der Waals surface area (Å²) >= 11 is 10.4. The number of carbonyl (C=O) groups is 4. The number of unbranched alkanes of at least 4 members (excludes halogenated alkanes) is 1. The van der Waals surface area contributed by atoms with Gasteiger partial charge in [0.05, 0.1) is 76.6 Å². The molecular formula is C62H83BrClN11O9S. The van der Waals surface area contributed by atoms with E-state index >= 15 is 0 Å². The van der Waals surface area contributed by atoms with E-state index in [1.165, 1.54) is 11.3 Å². The van der Waals surface area contributed by atoms with Gasteiger partial charge in [-0.15, -0.1) is 16.4 Å². The molecule has 20 nitrogen and oxygen atoms in total. The average molecular weight is 1270 g/mol. The van der Waals surface area contributed by atoms with Crippen LogP contribution in [0.25, 0.3) is 0 Å². The first-order valence-electron chi connectivity index (χ1n) is 28.9. The lowest BCUT2D eigenvalue weighted by atomic mass is 10.0. The average Bonchev–Trinajstić information content (AvgIpc) is 4.26. The Morgan fingerprint density at radius 1 is 0.741 bits per heavy atom. The first-order chi connectivity index (χ1) is 41.2. The third-order valence-corrected chi connectivity index (χ3v) is 15.4. The fourth-order valence-electron chi connectivity index (χ4n) is 8.96. The van der Waals surface area contributed by atoms with Crippen molar-refractivity contribution in [1.82, 2.24) is 44.9 Å². The highest BCUT2D eigenvalue weighted by Gasteiger charge is 2.24. The molecule has 2 aromatic heterocycles. The monoisotopic (exact) mass is 1270 g/mol. The number of anilines is 2. The van der Waals surface area contributed by atoms with E-state index in [1.807, 2.05) is 52.4 Å². The first-order valence-corrected chi connectivity index (χ1v) is 31.0. The van der Waals surface area contributed by atoms with Crippen LogP contribution in [0.1, 0.15) is 74.2 Å². The van der Waals surface area contributed by atoms with Crippen molar-refractivity contribution < 1.29 is 42.9 Å². The molecule has 3 heterocycles. The number of benzene rings is 4. The number of likely N-dealkylation sites (N-methyl/N-ethyl adjacent to an activating group) is 2. The Morgan fingerprint density at radius 2 is 1.40 bits per heavy atom. The Balaban J connectivity index is 0.000000942. The van der Waals surface area contributed by atoms with E-state index in [0.29, 0.717) is 119 Å². The number of nitrogens with one attached hydrogen (secondary N) is 3. The number of piperazine rings is 1. The standard InChI is InChI=1S/C54H75BrN10O8S.C8H8ClNO/c1-41(2)65(42(3)44-11-13-45(55)14-12-44)51(66)21-10-43-8-17-49(18-9-43)72-30-7-6-23-61(4)28-32-70-35-34-69-31-22-47-39-64(60-59-47)29-33-71-36-37-73-50-19-15-46(16-20-50)56-53(68)58-54-57-48(40-74-54)38-52(67)63-26-24-62(5)25-27-63;9-8-3-1-7(2-4-8)5-10-6-11/h8-9,11-20,39-42H,6-7,10,21-38H2,1-5H3,(H2,56,57,58,68);1-4,6H,5H2,(H,10,11). The van der Waals surface area contributed by atoms with Crippen molar-refractivity contribution in [2.24, 2.45) is 0 Å². The number of rotatable bonds is 35. The zero-order valence-corrected chi connectivity index (χ0v) is 52.8. The van der Waals surface area contributed by atoms with Gasteiger partial charge in [-0.05, 0) is 138 Å². The molecule has 0 radical (unpaired) electrons. The van der Waals surface area contributed by atoms with Crippen molar-refractivity contribution in [2.75, 3.05) is 117 Å². The molecule has 1 aliphatic rings. The molecule has 0 spiro atoms. The van der Waals surface area contributed by atoms with E-state index in [0.717, 1.165) is 84.7 Å². The number of hydrogen-bond acceptors (Lipinski definition) is 15. The lowest BCUT2D eigenvalue weighted by molar-refractivity contribution is -0.135. The van der Waals surface area contributed by atoms with Crippen LogP contribution in [0.2, 0.25) is 5.02 Å². The second-order valence-corrected chi connectivity index (χ2v) is 23.0. The summed E-state index contributed by atoms with van der Waals surface area (Å²) in [4.78, 5) is 61.1. The van der Waals surface area contributed by atoms with Crippen LogP contribution in [0.15, 0.2) is 113 Å². The number of nitrogens with zero attached hydrogens (tertiary/aromatic N) is 8. The summed E-state index contributed by atoms with van der Waals surface area (Å²) in [5, 5.41) is 19.5. The van der Waals surface area contributed by atoms with Gasteiger partial charge in [-0.25, -0.2) is 14.5 Å². The second-order valence-electron chi connectivity index (χ2n) is 20.8. The first kappa shape index (κ1) is 67.6. The predicted octanol–water partition coefficient (Wildman–Crippen LogP) is 9.44. The van der Waals surface area contributed by atoms with Gasteiger partial charge in [0, 0.05) is 84.9 Å². The molecule has 1 atom stereocenters. The van der Waals surface area contributed by atoms with Gasteiger partial charge in [0.1, 0.15) is 18.1 Å². The lowest BCUT2D eigenvalue weighted by Crippen LogP contribution is -2.47. The maximum absolute atomic E-state index is 13.3. The highest BCUT2D eigenvalue weighted by molar-refractivity contribution is 9.10. The van der Waals surface area contributed by atoms with E-state index in [-0.39, 0.29) is 30.3 Å². The molecule has 5 amide bonds. The highest BCUT2D eigenvalue weighted by atomic mass is 79.9. The van der Waals surface area contributed by atoms with Crippen molar-refractivity contribution in [1.29, 1.82) is 0 Å². The van der Waals surface area contributed by atoms with Gasteiger partial charge >= 0.3 is 6.03 Å². The van der Waals surface area contributed by atoms with Crippen LogP contribution < -0.4 is 25.4 Å². The Morgan fingerprint density at radius 3 is 2.11 bits per heavy atom. The normalized spacial score (nSPS) is 12.8. The predicted molar refractivity (Wildman–Crippen MR) is 337 cm³/mol. The Labute approximate surface area is 517 Å². The molecule has 1 aliphatic heterocycles. The number of urea groups is 1. The molecule has 0 saturated carbocycles. The lowest BCUT2D eigenvalue weighted by Gasteiger charge is -2.33. The number of amides is 5. The zero-order valence-electron chi connectivity index (χ0n) is 49.6. The topological polar surface area (TPSA) is 207 Å². The molecule has 0 bridgehead atoms. The fourth-order valence-corrected chi connectivity index (χ4v) is 10.1. The quantitative estimate of drug-likeness (QED) is 0.0250.